The fourth-order valence-electron chi connectivity index (χ4n) is 0.820. The van der Waals surface area contributed by atoms with Crippen LogP contribution in [0, 0.1) is 18.3 Å². The lowest BCUT2D eigenvalue weighted by molar-refractivity contribution is 0.394. The first-order valence-electron chi connectivity index (χ1n) is 3.30. The average molecular weight is 227 g/mol. The molecule has 0 fully saturated rings. The molecule has 0 N–H and O–H groups in total. The number of methoxy groups -OCH3 is 1. The molecule has 12 heavy (non-hydrogen) atoms. The van der Waals surface area contributed by atoms with E-state index in [1.165, 1.54) is 7.11 Å². The summed E-state index contributed by atoms with van der Waals surface area (Å²) in [6.07, 6.45) is 0. The standard InChI is InChI=1S/C8H7BrN2O/c1-5-3-6(9)8(12-2)11-7(5)4-10/h3H,1-2H3. The molecule has 3 nitrogen and oxygen atoms in total. The Morgan fingerprint density at radius 3 is 2.83 bits per heavy atom. The molecule has 0 unspecified atom stereocenters. The molecule has 0 atom stereocenters. The quantitative estimate of drug-likeness (QED) is 0.737. The molecule has 0 aliphatic rings. The number of pyridine rings is 1. The number of aromatic nitrogens is 1. The van der Waals surface area contributed by atoms with Crippen molar-refractivity contribution in [1.29, 1.82) is 5.26 Å². The fraction of sp³-hybridized carbons (Fsp3) is 0.250. The van der Waals surface area contributed by atoms with Crippen LogP contribution in [-0.2, 0) is 0 Å². The lowest BCUT2D eigenvalue weighted by Gasteiger charge is -2.03. The van der Waals surface area contributed by atoms with Gasteiger partial charge in [0.2, 0.25) is 5.88 Å². The summed E-state index contributed by atoms with van der Waals surface area (Å²) in [4.78, 5) is 3.98. The van der Waals surface area contributed by atoms with Crippen LogP contribution in [-0.4, -0.2) is 12.1 Å². The minimum atomic E-state index is 0.398. The zero-order valence-corrected chi connectivity index (χ0v) is 8.34. The topological polar surface area (TPSA) is 45.9 Å². The summed E-state index contributed by atoms with van der Waals surface area (Å²) >= 11 is 3.27. The average Bonchev–Trinajstić information content (AvgIpc) is 2.05. The summed E-state index contributed by atoms with van der Waals surface area (Å²) in [7, 11) is 1.52. The van der Waals surface area contributed by atoms with E-state index in [1.807, 2.05) is 19.1 Å². The molecule has 0 spiro atoms. The zero-order chi connectivity index (χ0) is 9.14. The van der Waals surface area contributed by atoms with E-state index in [-0.39, 0.29) is 0 Å². The van der Waals surface area contributed by atoms with Crippen LogP contribution in [0.25, 0.3) is 0 Å². The predicted octanol–water partition coefficient (Wildman–Crippen LogP) is 2.03. The number of hydrogen-bond donors (Lipinski definition) is 0. The highest BCUT2D eigenvalue weighted by molar-refractivity contribution is 9.10. The second-order valence-electron chi connectivity index (χ2n) is 2.26. The maximum atomic E-state index is 8.65. The van der Waals surface area contributed by atoms with Crippen LogP contribution in [0.4, 0.5) is 0 Å². The van der Waals surface area contributed by atoms with E-state index in [4.69, 9.17) is 10.00 Å². The number of nitriles is 1. The number of halogens is 1. The number of rotatable bonds is 1. The first-order valence-corrected chi connectivity index (χ1v) is 4.09. The summed E-state index contributed by atoms with van der Waals surface area (Å²) in [5, 5.41) is 8.65. The molecule has 4 heteroatoms. The molecule has 1 aromatic heterocycles. The first-order chi connectivity index (χ1) is 5.69. The zero-order valence-electron chi connectivity index (χ0n) is 6.76. The summed E-state index contributed by atoms with van der Waals surface area (Å²) in [5.41, 5.74) is 1.24. The van der Waals surface area contributed by atoms with Gasteiger partial charge in [-0.1, -0.05) is 0 Å². The number of ether oxygens (including phenoxy) is 1. The van der Waals surface area contributed by atoms with E-state index >= 15 is 0 Å². The second-order valence-corrected chi connectivity index (χ2v) is 3.11. The third-order valence-electron chi connectivity index (χ3n) is 1.43. The number of aryl methyl sites for hydroxylation is 1. The van der Waals surface area contributed by atoms with Gasteiger partial charge in [-0.25, -0.2) is 4.98 Å². The maximum absolute atomic E-state index is 8.65. The van der Waals surface area contributed by atoms with Gasteiger partial charge in [0, 0.05) is 0 Å². The molecule has 0 aromatic carbocycles. The van der Waals surface area contributed by atoms with E-state index in [0.29, 0.717) is 11.6 Å². The van der Waals surface area contributed by atoms with E-state index in [1.54, 1.807) is 0 Å². The smallest absolute Gasteiger partial charge is 0.228 e. The van der Waals surface area contributed by atoms with Crippen molar-refractivity contribution >= 4 is 15.9 Å². The van der Waals surface area contributed by atoms with Gasteiger partial charge in [-0.15, -0.1) is 0 Å². The first kappa shape index (κ1) is 9.01. The van der Waals surface area contributed by atoms with Crippen molar-refractivity contribution in [2.75, 3.05) is 7.11 Å². The largest absolute Gasteiger partial charge is 0.480 e. The van der Waals surface area contributed by atoms with Crippen molar-refractivity contribution in [3.05, 3.63) is 21.8 Å². The molecule has 0 radical (unpaired) electrons. The fourth-order valence-corrected chi connectivity index (χ4v) is 1.41. The minimum Gasteiger partial charge on any atom is -0.480 e. The van der Waals surface area contributed by atoms with E-state index < -0.39 is 0 Å². The van der Waals surface area contributed by atoms with Gasteiger partial charge in [-0.3, -0.25) is 0 Å². The van der Waals surface area contributed by atoms with Gasteiger partial charge in [-0.2, -0.15) is 5.26 Å². The SMILES string of the molecule is COc1nc(C#N)c(C)cc1Br. The van der Waals surface area contributed by atoms with Crippen molar-refractivity contribution in [3.63, 3.8) is 0 Å². The predicted molar refractivity (Wildman–Crippen MR) is 47.9 cm³/mol. The van der Waals surface area contributed by atoms with E-state index in [2.05, 4.69) is 20.9 Å². The molecule has 1 heterocycles. The van der Waals surface area contributed by atoms with Gasteiger partial charge in [0.1, 0.15) is 11.8 Å². The highest BCUT2D eigenvalue weighted by atomic mass is 79.9. The van der Waals surface area contributed by atoms with Crippen LogP contribution < -0.4 is 4.74 Å². The van der Waals surface area contributed by atoms with Crippen LogP contribution >= 0.6 is 15.9 Å². The molecule has 0 saturated heterocycles. The Morgan fingerprint density at radius 1 is 1.67 bits per heavy atom. The molecule has 0 aliphatic carbocycles. The second kappa shape index (κ2) is 3.55. The maximum Gasteiger partial charge on any atom is 0.228 e. The molecule has 0 saturated carbocycles. The Balaban J connectivity index is 3.30. The lowest BCUT2D eigenvalue weighted by atomic mass is 10.2. The highest BCUT2D eigenvalue weighted by Crippen LogP contribution is 2.24. The van der Waals surface area contributed by atoms with Crippen molar-refractivity contribution in [3.8, 4) is 11.9 Å². The van der Waals surface area contributed by atoms with Gasteiger partial charge in [0.25, 0.3) is 0 Å². The third-order valence-corrected chi connectivity index (χ3v) is 2.00. The minimum absolute atomic E-state index is 0.398. The summed E-state index contributed by atoms with van der Waals surface area (Å²) in [5.74, 6) is 0.442. The number of hydrogen-bond acceptors (Lipinski definition) is 3. The van der Waals surface area contributed by atoms with E-state index in [0.717, 1.165) is 10.0 Å². The Bertz CT molecular complexity index is 344. The van der Waals surface area contributed by atoms with Crippen molar-refractivity contribution < 1.29 is 4.74 Å². The van der Waals surface area contributed by atoms with Crippen LogP contribution in [0.3, 0.4) is 0 Å². The number of nitrogens with zero attached hydrogens (tertiary/aromatic N) is 2. The molecular formula is C8H7BrN2O. The van der Waals surface area contributed by atoms with Crippen LogP contribution in [0.15, 0.2) is 10.5 Å². The molecule has 1 aromatic rings. The van der Waals surface area contributed by atoms with Gasteiger partial charge >= 0.3 is 0 Å². The molecular weight excluding hydrogens is 220 g/mol. The van der Waals surface area contributed by atoms with Gasteiger partial charge in [0.15, 0.2) is 0 Å². The van der Waals surface area contributed by atoms with Crippen molar-refractivity contribution in [2.24, 2.45) is 0 Å². The molecule has 0 aliphatic heterocycles. The molecule has 1 rings (SSSR count). The van der Waals surface area contributed by atoms with Gasteiger partial charge < -0.3 is 4.74 Å². The molecule has 0 amide bonds. The molecule has 62 valence electrons. The van der Waals surface area contributed by atoms with Gasteiger partial charge in [-0.05, 0) is 34.5 Å². The Hall–Kier alpha value is -1.08. The lowest BCUT2D eigenvalue weighted by Crippen LogP contribution is -1.94. The van der Waals surface area contributed by atoms with E-state index in [9.17, 15) is 0 Å². The van der Waals surface area contributed by atoms with Crippen LogP contribution in [0.5, 0.6) is 5.88 Å². The Morgan fingerprint density at radius 2 is 2.33 bits per heavy atom. The Kier molecular flexibility index (Phi) is 2.66. The summed E-state index contributed by atoms with van der Waals surface area (Å²) in [6.45, 7) is 1.83. The van der Waals surface area contributed by atoms with Gasteiger partial charge in [0.05, 0.1) is 11.6 Å². The van der Waals surface area contributed by atoms with Crippen LogP contribution in [0.2, 0.25) is 0 Å². The normalized spacial score (nSPS) is 9.17. The summed E-state index contributed by atoms with van der Waals surface area (Å²) < 4.78 is 5.70. The van der Waals surface area contributed by atoms with Crippen molar-refractivity contribution in [2.45, 2.75) is 6.92 Å². The highest BCUT2D eigenvalue weighted by Gasteiger charge is 2.06. The molecule has 0 bridgehead atoms. The summed E-state index contributed by atoms with van der Waals surface area (Å²) in [6, 6.07) is 3.80. The third kappa shape index (κ3) is 1.56. The Labute approximate surface area is 79.1 Å². The van der Waals surface area contributed by atoms with Crippen LogP contribution in [0.1, 0.15) is 11.3 Å². The van der Waals surface area contributed by atoms with Crippen molar-refractivity contribution in [1.82, 2.24) is 4.98 Å². The monoisotopic (exact) mass is 226 g/mol.